The molecular weight excluding hydrogens is 659 g/mol. The van der Waals surface area contributed by atoms with Crippen LogP contribution in [0.5, 0.6) is 5.75 Å². The maximum absolute atomic E-state index is 14.3. The van der Waals surface area contributed by atoms with Crippen molar-refractivity contribution < 1.29 is 24.2 Å². The molecule has 2 N–H and O–H groups in total. The van der Waals surface area contributed by atoms with E-state index in [-0.39, 0.29) is 41.9 Å². The summed E-state index contributed by atoms with van der Waals surface area (Å²) in [6.07, 6.45) is 6.85. The van der Waals surface area contributed by atoms with Crippen molar-refractivity contribution in [2.75, 3.05) is 30.5 Å². The number of anilines is 2. The van der Waals surface area contributed by atoms with Gasteiger partial charge in [-0.15, -0.1) is 5.10 Å². The lowest BCUT2D eigenvalue weighted by molar-refractivity contribution is -0.143. The molecule has 268 valence electrons. The number of hydrogen-bond acceptors (Lipinski definition) is 7. The van der Waals surface area contributed by atoms with Gasteiger partial charge in [0.15, 0.2) is 5.60 Å². The minimum atomic E-state index is -2.33. The summed E-state index contributed by atoms with van der Waals surface area (Å²) in [5.74, 6) is 0.363. The number of fused-ring (bicyclic) bond motifs is 2. The van der Waals surface area contributed by atoms with E-state index in [1.54, 1.807) is 7.11 Å². The molecular formula is C40H49N5O5Si. The van der Waals surface area contributed by atoms with Crippen LogP contribution in [0.2, 0.25) is 18.6 Å². The third kappa shape index (κ3) is 6.40. The molecule has 51 heavy (non-hydrogen) atoms. The molecule has 0 aliphatic carbocycles. The molecule has 2 saturated heterocycles. The van der Waals surface area contributed by atoms with E-state index < -0.39 is 13.7 Å². The molecule has 2 amide bonds. The summed E-state index contributed by atoms with van der Waals surface area (Å²) in [5.41, 5.74) is 2.94. The summed E-state index contributed by atoms with van der Waals surface area (Å²) in [7, 11) is -0.652. The van der Waals surface area contributed by atoms with Crippen LogP contribution in [0.1, 0.15) is 68.2 Å². The third-order valence-corrected chi connectivity index (χ3v) is 16.0. The molecule has 1 spiro atoms. The number of amides is 2. The van der Waals surface area contributed by atoms with E-state index in [1.807, 2.05) is 76.4 Å². The summed E-state index contributed by atoms with van der Waals surface area (Å²) < 4.78 is 14.5. The molecule has 0 radical (unpaired) electrons. The zero-order chi connectivity index (χ0) is 35.8. The highest BCUT2D eigenvalue weighted by Gasteiger charge is 2.64. The van der Waals surface area contributed by atoms with Crippen LogP contribution < -0.4 is 20.1 Å². The molecule has 7 rings (SSSR count). The Bertz CT molecular complexity index is 1860. The van der Waals surface area contributed by atoms with E-state index >= 15 is 0 Å². The van der Waals surface area contributed by atoms with Gasteiger partial charge in [-0.05, 0) is 60.7 Å². The number of methoxy groups -OCH3 is 1. The van der Waals surface area contributed by atoms with Gasteiger partial charge in [-0.2, -0.15) is 0 Å². The van der Waals surface area contributed by atoms with E-state index in [0.717, 1.165) is 53.9 Å². The molecule has 1 aromatic heterocycles. The standard InChI is InChI=1S/C40H49N5O5Si/c1-27-38(51(3,4)31-18-16-30(49-2)17-19-31)36(21-23-44-25-35(42-43-44)32(26-46)28-12-8-7-9-13-28)50-40(27)33-24-29(15-20-34(33)41-39(40)48)45-22-11-6-5-10-14-37(45)47/h7-9,12-13,15-20,24-25,27,32,36,38,46H,5-6,10-11,14,21-23,26H2,1-4H3,(H,41,48)/t27-,32?,36+,38-,40+/m0/s1. The van der Waals surface area contributed by atoms with Gasteiger partial charge in [0, 0.05) is 48.6 Å². The summed E-state index contributed by atoms with van der Waals surface area (Å²) in [6.45, 7) is 8.05. The van der Waals surface area contributed by atoms with Gasteiger partial charge in [-0.1, -0.05) is 85.7 Å². The summed E-state index contributed by atoms with van der Waals surface area (Å²) in [6, 6.07) is 24.1. The topological polar surface area (TPSA) is 119 Å². The molecule has 3 aromatic carbocycles. The summed E-state index contributed by atoms with van der Waals surface area (Å²) >= 11 is 0. The van der Waals surface area contributed by atoms with Crippen LogP contribution in [-0.2, 0) is 26.5 Å². The average molecular weight is 708 g/mol. The summed E-state index contributed by atoms with van der Waals surface area (Å²) in [5, 5.41) is 23.6. The fourth-order valence-corrected chi connectivity index (χ4v) is 12.9. The fourth-order valence-electron chi connectivity index (χ4n) is 8.89. The number of carbonyl (C=O) groups excluding carboxylic acids is 2. The summed E-state index contributed by atoms with van der Waals surface area (Å²) in [4.78, 5) is 29.5. The van der Waals surface area contributed by atoms with Crippen LogP contribution in [0.25, 0.3) is 0 Å². The molecule has 10 nitrogen and oxygen atoms in total. The number of carbonyl (C=O) groups is 2. The van der Waals surface area contributed by atoms with Crippen molar-refractivity contribution in [3.8, 4) is 5.75 Å². The van der Waals surface area contributed by atoms with E-state index in [1.165, 1.54) is 5.19 Å². The monoisotopic (exact) mass is 707 g/mol. The molecule has 1 unspecified atom stereocenters. The first-order chi connectivity index (χ1) is 24.7. The number of aliphatic hydroxyl groups is 1. The van der Waals surface area contributed by atoms with Gasteiger partial charge in [0.1, 0.15) is 5.75 Å². The highest BCUT2D eigenvalue weighted by atomic mass is 28.3. The molecule has 4 aromatic rings. The SMILES string of the molecule is COc1ccc([Si](C)(C)[C@@H]2[C@@H](CCn3cc(C(CO)c4ccccc4)nn3)O[C@]3(C(=O)Nc4ccc(N5CCCCCCC5=O)cc43)[C@H]2C)cc1. The van der Waals surface area contributed by atoms with E-state index in [0.29, 0.717) is 31.6 Å². The number of hydrogen-bond donors (Lipinski definition) is 2. The van der Waals surface area contributed by atoms with Gasteiger partial charge >= 0.3 is 0 Å². The van der Waals surface area contributed by atoms with Gasteiger partial charge in [0.05, 0.1) is 39.5 Å². The lowest BCUT2D eigenvalue weighted by atomic mass is 9.82. The molecule has 0 saturated carbocycles. The molecule has 5 atom stereocenters. The zero-order valence-corrected chi connectivity index (χ0v) is 31.0. The quantitative estimate of drug-likeness (QED) is 0.195. The van der Waals surface area contributed by atoms with E-state index in [9.17, 15) is 14.7 Å². The van der Waals surface area contributed by atoms with Crippen molar-refractivity contribution in [3.05, 3.63) is 95.8 Å². The Kier molecular flexibility index (Phi) is 9.88. The van der Waals surface area contributed by atoms with Gasteiger partial charge in [-0.3, -0.25) is 14.3 Å². The van der Waals surface area contributed by atoms with Crippen molar-refractivity contribution in [1.29, 1.82) is 0 Å². The molecule has 0 bridgehead atoms. The van der Waals surface area contributed by atoms with Gasteiger partial charge in [0.2, 0.25) is 5.91 Å². The second-order valence-corrected chi connectivity index (χ2v) is 19.6. The first-order valence-corrected chi connectivity index (χ1v) is 21.4. The maximum atomic E-state index is 14.3. The number of aliphatic hydroxyl groups excluding tert-OH is 1. The molecule has 3 aliphatic rings. The van der Waals surface area contributed by atoms with Crippen molar-refractivity contribution in [2.45, 2.75) is 88.3 Å². The number of nitrogens with one attached hydrogen (secondary N) is 1. The third-order valence-electron chi connectivity index (χ3n) is 11.6. The zero-order valence-electron chi connectivity index (χ0n) is 30.0. The number of aromatic nitrogens is 3. The van der Waals surface area contributed by atoms with Gasteiger partial charge in [-0.25, -0.2) is 0 Å². The van der Waals surface area contributed by atoms with Crippen LogP contribution in [-0.4, -0.2) is 66.4 Å². The lowest BCUT2D eigenvalue weighted by Gasteiger charge is -2.37. The van der Waals surface area contributed by atoms with E-state index in [4.69, 9.17) is 9.47 Å². The average Bonchev–Trinajstić information content (AvgIpc) is 3.80. The first kappa shape index (κ1) is 35.1. The Labute approximate surface area is 301 Å². The van der Waals surface area contributed by atoms with Crippen LogP contribution >= 0.6 is 0 Å². The predicted octanol–water partition coefficient (Wildman–Crippen LogP) is 5.97. The van der Waals surface area contributed by atoms with Crippen LogP contribution in [0.4, 0.5) is 11.4 Å². The Hall–Kier alpha value is -4.32. The Morgan fingerprint density at radius 1 is 1.04 bits per heavy atom. The van der Waals surface area contributed by atoms with Gasteiger partial charge in [0.25, 0.3) is 5.91 Å². The van der Waals surface area contributed by atoms with Crippen LogP contribution in [0.3, 0.4) is 0 Å². The van der Waals surface area contributed by atoms with Crippen molar-refractivity contribution in [3.63, 3.8) is 0 Å². The predicted molar refractivity (Wildman–Crippen MR) is 200 cm³/mol. The van der Waals surface area contributed by atoms with Crippen molar-refractivity contribution in [2.24, 2.45) is 5.92 Å². The highest BCUT2D eigenvalue weighted by molar-refractivity contribution is 6.91. The maximum Gasteiger partial charge on any atom is 0.261 e. The number of ether oxygens (including phenoxy) is 2. The van der Waals surface area contributed by atoms with Crippen LogP contribution in [0.15, 0.2) is 79.0 Å². The normalized spacial score (nSPS) is 24.3. The smallest absolute Gasteiger partial charge is 0.261 e. The largest absolute Gasteiger partial charge is 0.497 e. The molecule has 2 fully saturated rings. The minimum Gasteiger partial charge on any atom is -0.497 e. The number of aryl methyl sites for hydroxylation is 1. The van der Waals surface area contributed by atoms with Crippen molar-refractivity contribution >= 4 is 36.4 Å². The lowest BCUT2D eigenvalue weighted by Crippen LogP contribution is -2.51. The number of rotatable bonds is 10. The Morgan fingerprint density at radius 3 is 2.55 bits per heavy atom. The van der Waals surface area contributed by atoms with Crippen molar-refractivity contribution in [1.82, 2.24) is 15.0 Å². The molecule has 4 heterocycles. The van der Waals surface area contributed by atoms with Gasteiger partial charge < -0.3 is 24.8 Å². The Balaban J connectivity index is 1.23. The highest BCUT2D eigenvalue weighted by Crippen LogP contribution is 2.59. The molecule has 11 heteroatoms. The Morgan fingerprint density at radius 2 is 1.80 bits per heavy atom. The van der Waals surface area contributed by atoms with Crippen LogP contribution in [0, 0.1) is 5.92 Å². The molecule has 3 aliphatic heterocycles. The fraction of sp³-hybridized carbons (Fsp3) is 0.450. The van der Waals surface area contributed by atoms with E-state index in [2.05, 4.69) is 47.8 Å². The minimum absolute atomic E-state index is 0.0621. The second kappa shape index (κ2) is 14.4. The second-order valence-electron chi connectivity index (χ2n) is 14.9. The number of nitrogens with zero attached hydrogens (tertiary/aromatic N) is 4. The number of benzene rings is 3. The first-order valence-electron chi connectivity index (χ1n) is 18.3.